The molecule has 3 fully saturated rings. The number of morpholine rings is 1. The molecule has 4 nitrogen and oxygen atoms in total. The Bertz CT molecular complexity index is 701. The van der Waals surface area contributed by atoms with Crippen molar-refractivity contribution in [3.63, 3.8) is 0 Å². The first-order valence-corrected chi connectivity index (χ1v) is 9.74. The Hall–Kier alpha value is -1.76. The van der Waals surface area contributed by atoms with E-state index >= 15 is 0 Å². The van der Waals surface area contributed by atoms with Gasteiger partial charge >= 0.3 is 6.18 Å². The Morgan fingerprint density at radius 1 is 1.19 bits per heavy atom. The maximum atomic E-state index is 13.2. The fraction of sp³-hybridized carbons (Fsp3) is 0.650. The van der Waals surface area contributed by atoms with E-state index in [1.165, 1.54) is 25.3 Å². The van der Waals surface area contributed by atoms with Crippen LogP contribution in [-0.2, 0) is 15.7 Å². The first-order valence-electron chi connectivity index (χ1n) is 9.74. The van der Waals surface area contributed by atoms with E-state index in [9.17, 15) is 18.0 Å². The van der Waals surface area contributed by atoms with Crippen LogP contribution in [0.25, 0.3) is 0 Å². The average molecular weight is 382 g/mol. The summed E-state index contributed by atoms with van der Waals surface area (Å²) < 4.78 is 44.8. The lowest BCUT2D eigenvalue weighted by Gasteiger charge is -2.31. The van der Waals surface area contributed by atoms with Crippen LogP contribution in [0.1, 0.15) is 37.7 Å². The van der Waals surface area contributed by atoms with Crippen LogP contribution in [-0.4, -0.2) is 32.2 Å². The van der Waals surface area contributed by atoms with E-state index in [2.05, 4.69) is 5.32 Å². The molecule has 1 N–H and O–H groups in total. The molecule has 1 saturated heterocycles. The van der Waals surface area contributed by atoms with Crippen LogP contribution in [0.3, 0.4) is 0 Å². The molecule has 0 aromatic heterocycles. The molecule has 148 valence electrons. The number of amides is 1. The van der Waals surface area contributed by atoms with Crippen molar-refractivity contribution in [3.8, 4) is 0 Å². The van der Waals surface area contributed by atoms with E-state index in [1.807, 2.05) is 4.90 Å². The summed E-state index contributed by atoms with van der Waals surface area (Å²) in [5, 5.41) is 2.79. The molecule has 7 heteroatoms. The molecule has 2 aliphatic carbocycles. The third kappa shape index (κ3) is 4.08. The number of fused-ring (bicyclic) bond motifs is 2. The van der Waals surface area contributed by atoms with Crippen molar-refractivity contribution in [1.82, 2.24) is 0 Å². The largest absolute Gasteiger partial charge is 0.416 e. The molecule has 3 unspecified atom stereocenters. The maximum Gasteiger partial charge on any atom is 0.416 e. The molecular formula is C20H25F3N2O2. The zero-order valence-electron chi connectivity index (χ0n) is 15.2. The highest BCUT2D eigenvalue weighted by Gasteiger charge is 2.40. The molecule has 4 rings (SSSR count). The zero-order chi connectivity index (χ0) is 19.0. The van der Waals surface area contributed by atoms with Crippen molar-refractivity contribution in [1.29, 1.82) is 0 Å². The Balaban J connectivity index is 1.52. The van der Waals surface area contributed by atoms with Gasteiger partial charge in [-0.15, -0.1) is 0 Å². The smallest absolute Gasteiger partial charge is 0.378 e. The molecule has 27 heavy (non-hydrogen) atoms. The number of benzene rings is 1. The quantitative estimate of drug-likeness (QED) is 0.844. The van der Waals surface area contributed by atoms with Crippen molar-refractivity contribution in [2.45, 2.75) is 38.3 Å². The lowest BCUT2D eigenvalue weighted by molar-refractivity contribution is -0.137. The van der Waals surface area contributed by atoms with Gasteiger partial charge in [-0.25, -0.2) is 0 Å². The molecule has 3 aliphatic rings. The van der Waals surface area contributed by atoms with Crippen LogP contribution in [0.5, 0.6) is 0 Å². The number of nitrogens with zero attached hydrogens (tertiary/aromatic N) is 1. The van der Waals surface area contributed by atoms with Crippen LogP contribution in [0, 0.1) is 17.8 Å². The van der Waals surface area contributed by atoms with E-state index in [1.54, 1.807) is 0 Å². The van der Waals surface area contributed by atoms with Crippen molar-refractivity contribution >= 4 is 17.3 Å². The van der Waals surface area contributed by atoms with Crippen molar-refractivity contribution in [2.75, 3.05) is 36.5 Å². The van der Waals surface area contributed by atoms with Crippen molar-refractivity contribution in [2.24, 2.45) is 17.8 Å². The lowest BCUT2D eigenvalue weighted by atomic mass is 9.86. The standard InChI is InChI=1S/C20H25F3N2O2/c21-20(22,23)16-3-4-18(25-5-7-27-8-6-25)17(12-16)24-19(26)11-15-10-13-1-2-14(15)9-13/h3-4,12-15H,1-2,5-11H2,(H,24,26). The highest BCUT2D eigenvalue weighted by atomic mass is 19.4. The Morgan fingerprint density at radius 3 is 2.59 bits per heavy atom. The minimum Gasteiger partial charge on any atom is -0.378 e. The summed E-state index contributed by atoms with van der Waals surface area (Å²) in [5.41, 5.74) is 0.141. The third-order valence-electron chi connectivity index (χ3n) is 6.28. The topological polar surface area (TPSA) is 41.6 Å². The van der Waals surface area contributed by atoms with Gasteiger partial charge in [0, 0.05) is 19.5 Å². The van der Waals surface area contributed by atoms with Gasteiger partial charge in [0.1, 0.15) is 0 Å². The van der Waals surface area contributed by atoms with E-state index in [-0.39, 0.29) is 11.6 Å². The summed E-state index contributed by atoms with van der Waals surface area (Å²) in [5.74, 6) is 1.55. The average Bonchev–Trinajstić information content (AvgIpc) is 3.24. The molecule has 1 heterocycles. The first kappa shape index (κ1) is 18.6. The van der Waals surface area contributed by atoms with Crippen LogP contribution in [0.4, 0.5) is 24.5 Å². The molecule has 3 atom stereocenters. The second-order valence-electron chi connectivity index (χ2n) is 8.02. The molecule has 1 aromatic carbocycles. The summed E-state index contributed by atoms with van der Waals surface area (Å²) in [6.45, 7) is 2.25. The van der Waals surface area contributed by atoms with Crippen LogP contribution < -0.4 is 10.2 Å². The predicted molar refractivity (Wildman–Crippen MR) is 96.7 cm³/mol. The SMILES string of the molecule is O=C(CC1CC2CCC1C2)Nc1cc(C(F)(F)F)ccc1N1CCOCC1. The highest BCUT2D eigenvalue weighted by Crippen LogP contribution is 2.49. The van der Waals surface area contributed by atoms with Gasteiger partial charge in [0.05, 0.1) is 30.2 Å². The molecule has 0 spiro atoms. The second kappa shape index (κ2) is 7.34. The van der Waals surface area contributed by atoms with Crippen LogP contribution in [0.15, 0.2) is 18.2 Å². The Kier molecular flexibility index (Phi) is 5.05. The number of alkyl halides is 3. The second-order valence-corrected chi connectivity index (χ2v) is 8.02. The Labute approximate surface area is 157 Å². The Morgan fingerprint density at radius 2 is 1.96 bits per heavy atom. The number of rotatable bonds is 4. The number of halogens is 3. The van der Waals surface area contributed by atoms with Gasteiger partial charge in [-0.05, 0) is 55.2 Å². The van der Waals surface area contributed by atoms with Gasteiger partial charge in [-0.2, -0.15) is 13.2 Å². The molecule has 2 bridgehead atoms. The summed E-state index contributed by atoms with van der Waals surface area (Å²) in [4.78, 5) is 14.6. The van der Waals surface area contributed by atoms with Gasteiger partial charge in [0.15, 0.2) is 0 Å². The fourth-order valence-corrected chi connectivity index (χ4v) is 4.96. The molecular weight excluding hydrogens is 357 g/mol. The van der Waals surface area contributed by atoms with E-state index in [0.717, 1.165) is 24.5 Å². The van der Waals surface area contributed by atoms with Gasteiger partial charge < -0.3 is 15.0 Å². The molecule has 2 saturated carbocycles. The zero-order valence-corrected chi connectivity index (χ0v) is 15.2. The number of carbonyl (C=O) groups excluding carboxylic acids is 1. The molecule has 1 aliphatic heterocycles. The fourth-order valence-electron chi connectivity index (χ4n) is 4.96. The lowest BCUT2D eigenvalue weighted by Crippen LogP contribution is -2.37. The van der Waals surface area contributed by atoms with E-state index < -0.39 is 11.7 Å². The third-order valence-corrected chi connectivity index (χ3v) is 6.28. The minimum atomic E-state index is -4.44. The summed E-state index contributed by atoms with van der Waals surface area (Å²) in [6.07, 6.45) is 0.702. The van der Waals surface area contributed by atoms with Gasteiger partial charge in [0.25, 0.3) is 0 Å². The van der Waals surface area contributed by atoms with E-state index in [4.69, 9.17) is 4.74 Å². The molecule has 0 radical (unpaired) electrons. The normalized spacial score (nSPS) is 27.8. The first-order chi connectivity index (χ1) is 12.9. The molecule has 1 aromatic rings. The monoisotopic (exact) mass is 382 g/mol. The minimum absolute atomic E-state index is 0.179. The summed E-state index contributed by atoms with van der Waals surface area (Å²) >= 11 is 0. The number of hydrogen-bond donors (Lipinski definition) is 1. The maximum absolute atomic E-state index is 13.2. The number of carbonyl (C=O) groups is 1. The molecule has 1 amide bonds. The number of hydrogen-bond acceptors (Lipinski definition) is 3. The van der Waals surface area contributed by atoms with Gasteiger partial charge in [-0.3, -0.25) is 4.79 Å². The number of nitrogens with one attached hydrogen (secondary N) is 1. The highest BCUT2D eigenvalue weighted by molar-refractivity contribution is 5.94. The summed E-state index contributed by atoms with van der Waals surface area (Å²) in [7, 11) is 0. The number of anilines is 2. The summed E-state index contributed by atoms with van der Waals surface area (Å²) in [6, 6.07) is 3.60. The van der Waals surface area contributed by atoms with Crippen LogP contribution >= 0.6 is 0 Å². The van der Waals surface area contributed by atoms with Crippen molar-refractivity contribution in [3.05, 3.63) is 23.8 Å². The van der Waals surface area contributed by atoms with E-state index in [0.29, 0.717) is 50.2 Å². The van der Waals surface area contributed by atoms with Gasteiger partial charge in [0.2, 0.25) is 5.91 Å². The van der Waals surface area contributed by atoms with Gasteiger partial charge in [-0.1, -0.05) is 6.42 Å². The van der Waals surface area contributed by atoms with Crippen molar-refractivity contribution < 1.29 is 22.7 Å². The van der Waals surface area contributed by atoms with Crippen LogP contribution in [0.2, 0.25) is 0 Å². The number of ether oxygens (including phenoxy) is 1. The predicted octanol–water partition coefficient (Wildman–Crippen LogP) is 4.31.